The molecule has 3 amide bonds. The van der Waals surface area contributed by atoms with Gasteiger partial charge >= 0.3 is 0 Å². The van der Waals surface area contributed by atoms with Gasteiger partial charge in [-0.15, -0.1) is 0 Å². The summed E-state index contributed by atoms with van der Waals surface area (Å²) in [4.78, 5) is 141. The van der Waals surface area contributed by atoms with Gasteiger partial charge < -0.3 is 49.5 Å². The van der Waals surface area contributed by atoms with Crippen molar-refractivity contribution >= 4 is 46.6 Å². The second-order valence-electron chi connectivity index (χ2n) is 40.4. The molecule has 0 saturated heterocycles. The summed E-state index contributed by atoms with van der Waals surface area (Å²) in [5.74, 6) is 4.14. The van der Waals surface area contributed by atoms with Gasteiger partial charge in [0.15, 0.2) is 29.1 Å². The highest BCUT2D eigenvalue weighted by Crippen LogP contribution is 2.50. The van der Waals surface area contributed by atoms with Crippen LogP contribution in [-0.2, 0) is 74.7 Å². The van der Waals surface area contributed by atoms with Gasteiger partial charge in [0.25, 0.3) is 63.1 Å². The molecule has 0 radical (unpaired) electrons. The molecule has 0 aliphatic heterocycles. The van der Waals surface area contributed by atoms with Crippen LogP contribution in [0.2, 0.25) is 0 Å². The maximum absolute atomic E-state index is 13.8. The predicted octanol–water partition coefficient (Wildman–Crippen LogP) is 15.4. The van der Waals surface area contributed by atoms with Crippen molar-refractivity contribution in [2.45, 2.75) is 292 Å². The first-order chi connectivity index (χ1) is 69.0. The van der Waals surface area contributed by atoms with E-state index in [2.05, 4.69) is 89.2 Å². The zero-order chi connectivity index (χ0) is 98.4. The largest absolute Gasteiger partial charge is 0.496 e. The van der Waals surface area contributed by atoms with Crippen molar-refractivity contribution in [3.63, 3.8) is 0 Å². The van der Waals surface area contributed by atoms with Crippen LogP contribution in [0.4, 0.5) is 0 Å². The van der Waals surface area contributed by atoms with Crippen molar-refractivity contribution in [3.8, 4) is 51.3 Å². The van der Waals surface area contributed by atoms with Crippen LogP contribution in [0.15, 0.2) is 189 Å². The molecule has 0 unspecified atom stereocenters. The highest BCUT2D eigenvalue weighted by atomic mass is 16.5. The zero-order valence-electron chi connectivity index (χ0n) is 81.6. The van der Waals surface area contributed by atoms with E-state index in [4.69, 9.17) is 28.4 Å². The Morgan fingerprint density at radius 3 is 0.965 bits per heavy atom. The van der Waals surface area contributed by atoms with Crippen molar-refractivity contribution < 1.29 is 52.7 Å². The van der Waals surface area contributed by atoms with Crippen molar-refractivity contribution in [3.05, 3.63) is 240 Å². The van der Waals surface area contributed by atoms with Crippen molar-refractivity contribution in [1.82, 2.24) is 94.3 Å². The maximum Gasteiger partial charge on any atom is 0.274 e. The third-order valence-corrected chi connectivity index (χ3v) is 30.6. The molecule has 0 spiro atoms. The Kier molecular flexibility index (Phi) is 30.7. The third kappa shape index (κ3) is 22.9. The smallest absolute Gasteiger partial charge is 0.274 e. The monoisotopic (exact) mass is 1930 g/mol. The summed E-state index contributed by atoms with van der Waals surface area (Å²) in [6.07, 6.45) is 31.5. The Morgan fingerprint density at radius 1 is 0.352 bits per heavy atom. The second-order valence-corrected chi connectivity index (χ2v) is 40.4. The minimum atomic E-state index is -0.947. The number of hydrogen-bond acceptors (Lipinski definition) is 23. The summed E-state index contributed by atoms with van der Waals surface area (Å²) in [5.41, 5.74) is 1.35. The minimum absolute atomic E-state index is 0.0224. The van der Waals surface area contributed by atoms with Crippen LogP contribution >= 0.6 is 0 Å². The van der Waals surface area contributed by atoms with Gasteiger partial charge in [0.05, 0.1) is 68.5 Å². The lowest BCUT2D eigenvalue weighted by atomic mass is 9.64. The number of Topliss-reactive ketones (excluding diaryl/α,β-unsaturated/α-hetero) is 1. The molecule has 5 aromatic carbocycles. The lowest BCUT2D eigenvalue weighted by molar-refractivity contribution is -0.155. The number of methoxy groups -OCH3 is 2. The summed E-state index contributed by atoms with van der Waals surface area (Å²) in [6.45, 7) is 5.02. The lowest BCUT2D eigenvalue weighted by Gasteiger charge is -2.44. The molecule has 8 aromatic heterocycles. The zero-order valence-corrected chi connectivity index (χ0v) is 81.6. The number of rotatable bonds is 34. The van der Waals surface area contributed by atoms with Crippen LogP contribution in [0.5, 0.6) is 5.75 Å². The van der Waals surface area contributed by atoms with E-state index < -0.39 is 28.0 Å². The van der Waals surface area contributed by atoms with E-state index >= 15 is 0 Å². The fourth-order valence-corrected chi connectivity index (χ4v) is 21.3. The first-order valence-corrected chi connectivity index (χ1v) is 51.0. The summed E-state index contributed by atoms with van der Waals surface area (Å²) in [6, 6.07) is 52.2. The van der Waals surface area contributed by atoms with Crippen molar-refractivity contribution in [2.75, 3.05) is 40.5 Å². The highest BCUT2D eigenvalue weighted by molar-refractivity contribution is 5.88. The topological polar surface area (TPSA) is 432 Å². The number of hydrogen-bond donors (Lipinski definition) is 8. The van der Waals surface area contributed by atoms with Crippen molar-refractivity contribution in [2.24, 2.45) is 10.8 Å². The molecule has 0 atom stereocenters. The van der Waals surface area contributed by atoms with Crippen LogP contribution in [0, 0.1) is 10.8 Å². The molecular formula is C108H131N19O15. The van der Waals surface area contributed by atoms with E-state index in [1.807, 2.05) is 140 Å². The quantitative estimate of drug-likeness (QED) is 0.0186. The van der Waals surface area contributed by atoms with Crippen LogP contribution in [0.1, 0.15) is 260 Å². The van der Waals surface area contributed by atoms with E-state index in [0.29, 0.717) is 142 Å². The molecule has 142 heavy (non-hydrogen) atoms. The average molecular weight is 1940 g/mol. The molecule has 21 rings (SSSR count). The molecule has 8 saturated carbocycles. The maximum atomic E-state index is 13.8. The number of para-hydroxylation sites is 1. The Hall–Kier alpha value is -12.9. The van der Waals surface area contributed by atoms with Crippen LogP contribution < -0.4 is 42.9 Å². The SMILES string of the molecule is CCC1(CNC(=O)C2(OCc3cc(=O)n4[nH]c(-c5ccccc5)nc4n3)CCCCC2)CC1.COCC1(CNC(=O)C2(OCc3cc(=O)n4[nH]c(-c5ccccc5)nc4n3)CCCCC2)CC1.COc1ccccc1C1(CNC(=O)C2(OCc3cc(=O)n4[nH]c(-c5ccccc5)nc4n3)CCCCC2)CCC1.O=C(CCC1(O)CCCCC1)C1(OCc2cc(=O)n3[nH]c(-c4ccccc4)nc3n2)CCCCC1. The van der Waals surface area contributed by atoms with Crippen molar-refractivity contribution in [1.29, 1.82) is 0 Å². The number of amides is 3. The standard InChI is InChI=1S/C31H35N5O4.C27H34N4O4.C25H31N5O4.C25H31N5O3/c1-39-25-14-7-6-13-24(25)30(15-10-16-30)21-32-28(38)31(17-8-3-9-18-31)40-20-23-19-26(37)36-29(33-23)34-27(35-36)22-11-4-2-5-12-22;32-22(12-17-26(34)13-6-2-7-14-26)27(15-8-3-9-16-27)35-19-21-18-23(33)31-25(28-21)29-24(30-31)20-10-4-1-5-11-20;1-33-17-24(12-13-24)16-26-22(32)25(10-6-3-7-11-25)34-15-19-14-20(31)30-23(27-19)28-21(29-30)18-8-4-2-5-9-18;1-2-24(13-14-24)17-26-22(32)25(11-7-4-8-12-25)33-16-19-15-20(31)30-23(27-19)28-21(29-30)18-9-5-3-6-10-18/h2,4-7,11-14,19H,3,8-10,15-18,20-21H2,1H3,(H,32,38)(H,33,34,35);1,4-5,10-11,18,34H,2-3,6-9,12-17,19H2,(H,28,29,30);2,4-5,8-9,14H,3,6-7,10-13,15-17H2,1H3,(H,26,32)(H,27,28,29);3,5-6,9-10,15H,2,4,7-8,11-14,16-17H2,1H3,(H,26,32)(H,27,28,29). The van der Waals surface area contributed by atoms with E-state index in [-0.39, 0.29) is 106 Å². The van der Waals surface area contributed by atoms with Gasteiger partial charge in [-0.25, -0.2) is 19.9 Å². The average Bonchev–Trinajstić information content (AvgIpc) is 1.09. The molecular weight excluding hydrogens is 1800 g/mol. The molecule has 34 nitrogen and oxygen atoms in total. The molecule has 8 heterocycles. The van der Waals surface area contributed by atoms with Gasteiger partial charge in [-0.05, 0) is 127 Å². The molecule has 34 heteroatoms. The van der Waals surface area contributed by atoms with Gasteiger partial charge in [-0.1, -0.05) is 249 Å². The molecule has 8 N–H and O–H groups in total. The van der Waals surface area contributed by atoms with Gasteiger partial charge in [0.2, 0.25) is 0 Å². The first kappa shape index (κ1) is 99.3. The third-order valence-electron chi connectivity index (χ3n) is 30.6. The fraction of sp³-hybridized carbons (Fsp3) is 0.500. The number of carbonyl (C=O) groups excluding carboxylic acids is 4. The number of H-pyrrole nitrogens is 4. The highest BCUT2D eigenvalue weighted by Gasteiger charge is 2.50. The van der Waals surface area contributed by atoms with E-state index in [1.54, 1.807) is 14.2 Å². The number of nitrogens with one attached hydrogen (secondary N) is 7. The van der Waals surface area contributed by atoms with E-state index in [1.165, 1.54) is 55.2 Å². The fourth-order valence-electron chi connectivity index (χ4n) is 21.3. The molecule has 0 bridgehead atoms. The first-order valence-electron chi connectivity index (χ1n) is 51.0. The molecule has 8 aliphatic rings. The number of aromatic nitrogens is 16. The molecule has 8 aliphatic carbocycles. The van der Waals surface area contributed by atoms with Gasteiger partial charge in [-0.3, -0.25) is 58.8 Å². The predicted molar refractivity (Wildman–Crippen MR) is 534 cm³/mol. The number of fused-ring (bicyclic) bond motifs is 4. The Balaban J connectivity index is 0.000000125. The number of ether oxygens (including phenoxy) is 6. The van der Waals surface area contributed by atoms with E-state index in [0.717, 1.165) is 181 Å². The Morgan fingerprint density at radius 2 is 0.655 bits per heavy atom. The van der Waals surface area contributed by atoms with Crippen LogP contribution in [-0.4, -0.2) is 175 Å². The summed E-state index contributed by atoms with van der Waals surface area (Å²) < 4.78 is 41.5. The Bertz CT molecular complexity index is 6790. The minimum Gasteiger partial charge on any atom is -0.496 e. The van der Waals surface area contributed by atoms with Gasteiger partial charge in [0.1, 0.15) is 28.2 Å². The number of carbonyl (C=O) groups is 4. The van der Waals surface area contributed by atoms with Gasteiger partial charge in [-0.2, -0.15) is 38.0 Å². The number of nitrogens with zero attached hydrogens (tertiary/aromatic N) is 12. The molecule has 8 fully saturated rings. The number of benzene rings is 5. The molecule has 748 valence electrons. The van der Waals surface area contributed by atoms with Gasteiger partial charge in [0, 0.05) is 96.1 Å². The Labute approximate surface area is 822 Å². The van der Waals surface area contributed by atoms with E-state index in [9.17, 15) is 43.5 Å². The number of aliphatic hydroxyl groups is 1. The second kappa shape index (κ2) is 43.9. The number of aromatic amines is 4. The summed E-state index contributed by atoms with van der Waals surface area (Å²) >= 11 is 0. The van der Waals surface area contributed by atoms with Crippen LogP contribution in [0.25, 0.3) is 68.7 Å². The van der Waals surface area contributed by atoms with Crippen LogP contribution in [0.3, 0.4) is 0 Å². The number of ketones is 1. The lowest BCUT2D eigenvalue weighted by Crippen LogP contribution is -2.54. The summed E-state index contributed by atoms with van der Waals surface area (Å²) in [7, 11) is 3.39. The summed E-state index contributed by atoms with van der Waals surface area (Å²) in [5, 5.41) is 32.5. The molecule has 13 aromatic rings. The normalized spacial score (nSPS) is 18.6.